The van der Waals surface area contributed by atoms with Gasteiger partial charge in [-0.2, -0.15) is 0 Å². The summed E-state index contributed by atoms with van der Waals surface area (Å²) in [5, 5.41) is 0. The molecule has 0 spiro atoms. The number of hydrogen-bond acceptors (Lipinski definition) is 8. The number of anilines is 2. The van der Waals surface area contributed by atoms with Gasteiger partial charge in [-0.3, -0.25) is 9.44 Å². The molecule has 4 rings (SSSR count). The Morgan fingerprint density at radius 2 is 0.818 bits per heavy atom. The van der Waals surface area contributed by atoms with Crippen molar-refractivity contribution < 1.29 is 35.8 Å². The third-order valence-corrected chi connectivity index (χ3v) is 9.03. The molecule has 10 nitrogen and oxygen atoms in total. The summed E-state index contributed by atoms with van der Waals surface area (Å²) in [6, 6.07) is 26.8. The molecule has 0 aromatic heterocycles. The third-order valence-electron chi connectivity index (χ3n) is 6.27. The van der Waals surface area contributed by atoms with Gasteiger partial charge in [-0.05, 0) is 62.4 Å². The number of aryl methyl sites for hydroxylation is 2. The van der Waals surface area contributed by atoms with Crippen LogP contribution in [0.15, 0.2) is 107 Å². The van der Waals surface area contributed by atoms with E-state index in [4.69, 9.17) is 18.9 Å². The van der Waals surface area contributed by atoms with Gasteiger partial charge in [0.1, 0.15) is 24.7 Å². The molecule has 0 aliphatic heterocycles. The van der Waals surface area contributed by atoms with E-state index in [-0.39, 0.29) is 36.2 Å². The molecule has 0 amide bonds. The van der Waals surface area contributed by atoms with E-state index in [2.05, 4.69) is 9.44 Å². The molecular weight excluding hydrogens is 604 g/mol. The molecule has 0 saturated carbocycles. The van der Waals surface area contributed by atoms with E-state index in [0.717, 1.165) is 11.1 Å². The van der Waals surface area contributed by atoms with Crippen molar-refractivity contribution in [3.63, 3.8) is 0 Å². The monoisotopic (exact) mass is 640 g/mol. The first-order valence-electron chi connectivity index (χ1n) is 13.9. The lowest BCUT2D eigenvalue weighted by Gasteiger charge is -2.14. The van der Waals surface area contributed by atoms with Crippen LogP contribution in [-0.2, 0) is 29.5 Å². The van der Waals surface area contributed by atoms with Crippen molar-refractivity contribution in [2.45, 2.75) is 23.6 Å². The van der Waals surface area contributed by atoms with E-state index < -0.39 is 20.0 Å². The minimum absolute atomic E-state index is 0.165. The van der Waals surface area contributed by atoms with Crippen LogP contribution in [0.5, 0.6) is 11.5 Å². The van der Waals surface area contributed by atoms with Crippen LogP contribution >= 0.6 is 0 Å². The van der Waals surface area contributed by atoms with E-state index >= 15 is 0 Å². The predicted molar refractivity (Wildman–Crippen MR) is 169 cm³/mol. The van der Waals surface area contributed by atoms with E-state index in [1.165, 1.54) is 0 Å². The van der Waals surface area contributed by atoms with Crippen molar-refractivity contribution in [2.24, 2.45) is 0 Å². The molecule has 0 bridgehead atoms. The summed E-state index contributed by atoms with van der Waals surface area (Å²) < 4.78 is 78.8. The van der Waals surface area contributed by atoms with Gasteiger partial charge in [-0.15, -0.1) is 0 Å². The Balaban J connectivity index is 1.13. The minimum Gasteiger partial charge on any atom is -0.489 e. The van der Waals surface area contributed by atoms with Crippen LogP contribution in [0.2, 0.25) is 0 Å². The smallest absolute Gasteiger partial charge is 0.262 e. The molecule has 0 heterocycles. The van der Waals surface area contributed by atoms with Crippen molar-refractivity contribution in [2.75, 3.05) is 49.1 Å². The molecule has 0 saturated heterocycles. The third kappa shape index (κ3) is 9.71. The summed E-state index contributed by atoms with van der Waals surface area (Å²) in [5.41, 5.74) is 2.60. The quantitative estimate of drug-likeness (QED) is 0.147. The molecule has 0 radical (unpaired) electrons. The molecule has 2 N–H and O–H groups in total. The maximum Gasteiger partial charge on any atom is 0.262 e. The van der Waals surface area contributed by atoms with Gasteiger partial charge in [0.25, 0.3) is 20.0 Å². The van der Waals surface area contributed by atoms with Gasteiger partial charge >= 0.3 is 0 Å². The van der Waals surface area contributed by atoms with Crippen LogP contribution in [0.1, 0.15) is 11.1 Å². The molecule has 0 aliphatic rings. The van der Waals surface area contributed by atoms with Crippen molar-refractivity contribution in [1.29, 1.82) is 0 Å². The highest BCUT2D eigenvalue weighted by Crippen LogP contribution is 2.28. The standard InChI is InChI=1S/C32H36N2O8S2/c1-25-11-15-27(16-12-25)43(35,36)33-29-7-3-5-9-31(29)41-23-21-39-19-20-40-22-24-42-32-10-6-4-8-30(32)34-44(37,38)28-17-13-26(2)14-18-28/h3-18,33-34H,19-24H2,1-2H3. The maximum absolute atomic E-state index is 12.8. The van der Waals surface area contributed by atoms with Gasteiger partial charge in [0.05, 0.1) is 47.6 Å². The lowest BCUT2D eigenvalue weighted by molar-refractivity contribution is 0.0275. The zero-order chi connectivity index (χ0) is 31.4. The Kier molecular flexibility index (Phi) is 11.6. The lowest BCUT2D eigenvalue weighted by atomic mass is 10.2. The van der Waals surface area contributed by atoms with Gasteiger partial charge in [0.2, 0.25) is 0 Å². The molecular formula is C32H36N2O8S2. The molecule has 12 heteroatoms. The zero-order valence-electron chi connectivity index (χ0n) is 24.6. The van der Waals surface area contributed by atoms with Crippen LogP contribution in [0.4, 0.5) is 11.4 Å². The molecule has 234 valence electrons. The van der Waals surface area contributed by atoms with Gasteiger partial charge in [-0.1, -0.05) is 59.7 Å². The van der Waals surface area contributed by atoms with E-state index in [9.17, 15) is 16.8 Å². The highest BCUT2D eigenvalue weighted by molar-refractivity contribution is 7.93. The minimum atomic E-state index is -3.76. The predicted octanol–water partition coefficient (Wildman–Crippen LogP) is 5.40. The first kappa shape index (κ1) is 32.8. The molecule has 0 unspecified atom stereocenters. The highest BCUT2D eigenvalue weighted by Gasteiger charge is 2.17. The molecule has 44 heavy (non-hydrogen) atoms. The summed E-state index contributed by atoms with van der Waals surface area (Å²) >= 11 is 0. The summed E-state index contributed by atoms with van der Waals surface area (Å²) in [5.74, 6) is 0.781. The van der Waals surface area contributed by atoms with Crippen LogP contribution in [0, 0.1) is 13.8 Å². The van der Waals surface area contributed by atoms with Crippen LogP contribution in [-0.4, -0.2) is 56.5 Å². The van der Waals surface area contributed by atoms with Crippen LogP contribution in [0.25, 0.3) is 0 Å². The van der Waals surface area contributed by atoms with Crippen molar-refractivity contribution in [3.05, 3.63) is 108 Å². The summed E-state index contributed by atoms with van der Waals surface area (Å²) in [4.78, 5) is 0.331. The fourth-order valence-corrected chi connectivity index (χ4v) is 6.08. The summed E-state index contributed by atoms with van der Waals surface area (Å²) in [6.07, 6.45) is 0. The van der Waals surface area contributed by atoms with Crippen LogP contribution in [0.3, 0.4) is 0 Å². The van der Waals surface area contributed by atoms with Crippen molar-refractivity contribution in [3.8, 4) is 11.5 Å². The Bertz CT molecular complexity index is 1580. The lowest BCUT2D eigenvalue weighted by Crippen LogP contribution is -2.16. The van der Waals surface area contributed by atoms with Gasteiger partial charge < -0.3 is 18.9 Å². The van der Waals surface area contributed by atoms with Gasteiger partial charge in [0, 0.05) is 0 Å². The SMILES string of the molecule is Cc1ccc(S(=O)(=O)Nc2ccccc2OCCOCCOCCOc2ccccc2NS(=O)(=O)c2ccc(C)cc2)cc1. The largest absolute Gasteiger partial charge is 0.489 e. The topological polar surface area (TPSA) is 129 Å². The van der Waals surface area contributed by atoms with E-state index in [1.807, 2.05) is 13.8 Å². The fourth-order valence-electron chi connectivity index (χ4n) is 3.94. The van der Waals surface area contributed by atoms with Gasteiger partial charge in [0.15, 0.2) is 0 Å². The number of nitrogens with one attached hydrogen (secondary N) is 2. The summed E-state index contributed by atoms with van der Waals surface area (Å²) in [6.45, 7) is 5.38. The van der Waals surface area contributed by atoms with Gasteiger partial charge in [-0.25, -0.2) is 16.8 Å². The Morgan fingerprint density at radius 3 is 1.20 bits per heavy atom. The number of sulfonamides is 2. The van der Waals surface area contributed by atoms with E-state index in [1.54, 1.807) is 97.1 Å². The summed E-state index contributed by atoms with van der Waals surface area (Å²) in [7, 11) is -7.53. The molecule has 4 aromatic carbocycles. The zero-order valence-corrected chi connectivity index (χ0v) is 26.2. The molecule has 0 fully saturated rings. The second-order valence-corrected chi connectivity index (χ2v) is 13.1. The molecule has 0 atom stereocenters. The molecule has 4 aromatic rings. The average molecular weight is 641 g/mol. The average Bonchev–Trinajstić information content (AvgIpc) is 3.00. The second kappa shape index (κ2) is 15.6. The maximum atomic E-state index is 12.8. The number of hydrogen-bond donors (Lipinski definition) is 2. The molecule has 0 aliphatic carbocycles. The van der Waals surface area contributed by atoms with Crippen molar-refractivity contribution in [1.82, 2.24) is 0 Å². The van der Waals surface area contributed by atoms with Crippen LogP contribution < -0.4 is 18.9 Å². The number of para-hydroxylation sites is 4. The first-order valence-corrected chi connectivity index (χ1v) is 16.9. The Morgan fingerprint density at radius 1 is 0.477 bits per heavy atom. The number of ether oxygens (including phenoxy) is 4. The Hall–Kier alpha value is -4.10. The number of benzene rings is 4. The highest BCUT2D eigenvalue weighted by atomic mass is 32.2. The van der Waals surface area contributed by atoms with E-state index in [0.29, 0.717) is 36.1 Å². The Labute approximate surface area is 259 Å². The normalized spacial score (nSPS) is 11.6. The van der Waals surface area contributed by atoms with Crippen molar-refractivity contribution >= 4 is 31.4 Å². The second-order valence-electron chi connectivity index (χ2n) is 9.75. The first-order chi connectivity index (χ1) is 21.1. The number of rotatable bonds is 17. The fraction of sp³-hybridized carbons (Fsp3) is 0.250.